The van der Waals surface area contributed by atoms with E-state index in [0.29, 0.717) is 12.6 Å². The summed E-state index contributed by atoms with van der Waals surface area (Å²) in [7, 11) is -3.12. The number of unbranched alkanes of at least 4 members (excludes halogenated alkanes) is 1. The van der Waals surface area contributed by atoms with Gasteiger partial charge in [0, 0.05) is 19.2 Å². The van der Waals surface area contributed by atoms with Gasteiger partial charge in [-0.05, 0) is 51.5 Å². The van der Waals surface area contributed by atoms with E-state index in [9.17, 15) is 8.42 Å². The van der Waals surface area contributed by atoms with Crippen molar-refractivity contribution < 1.29 is 13.2 Å². The number of rotatable bonds is 9. The van der Waals surface area contributed by atoms with Crippen molar-refractivity contribution in [1.82, 2.24) is 10.0 Å². The minimum atomic E-state index is -3.12. The molecule has 1 atom stereocenters. The second kappa shape index (κ2) is 7.57. The fraction of sp³-hybridized carbons (Fsp3) is 1.00. The first kappa shape index (κ1) is 15.2. The molecular weight excluding hydrogens is 264 g/mol. The van der Waals surface area contributed by atoms with Crippen LogP contribution in [0.5, 0.6) is 0 Å². The van der Waals surface area contributed by atoms with Crippen LogP contribution in [0.15, 0.2) is 0 Å². The zero-order chi connectivity index (χ0) is 13.6. The number of nitrogens with one attached hydrogen (secondary N) is 2. The molecule has 1 aliphatic heterocycles. The Hall–Kier alpha value is -0.170. The van der Waals surface area contributed by atoms with Gasteiger partial charge in [-0.2, -0.15) is 0 Å². The number of hydrogen-bond acceptors (Lipinski definition) is 4. The molecule has 0 radical (unpaired) electrons. The highest BCUT2D eigenvalue weighted by atomic mass is 32.2. The van der Waals surface area contributed by atoms with Gasteiger partial charge in [0.15, 0.2) is 0 Å². The highest BCUT2D eigenvalue weighted by Crippen LogP contribution is 2.18. The van der Waals surface area contributed by atoms with Crippen molar-refractivity contribution in [3.8, 4) is 0 Å². The third kappa shape index (κ3) is 6.70. The molecular formula is C13H26N2O3S. The van der Waals surface area contributed by atoms with Crippen LogP contribution in [0.2, 0.25) is 0 Å². The van der Waals surface area contributed by atoms with Crippen molar-refractivity contribution >= 4 is 10.0 Å². The van der Waals surface area contributed by atoms with Crippen LogP contribution in [0.3, 0.4) is 0 Å². The van der Waals surface area contributed by atoms with Crippen LogP contribution < -0.4 is 10.0 Å². The predicted octanol–water partition coefficient (Wildman–Crippen LogP) is 1.01. The fourth-order valence-electron chi connectivity index (χ4n) is 2.27. The quantitative estimate of drug-likeness (QED) is 0.622. The Kier molecular flexibility index (Phi) is 6.06. The van der Waals surface area contributed by atoms with Crippen LogP contribution in [0.1, 0.15) is 44.9 Å². The van der Waals surface area contributed by atoms with Crippen LogP contribution in [0.25, 0.3) is 0 Å². The molecule has 2 fully saturated rings. The van der Waals surface area contributed by atoms with E-state index in [1.807, 2.05) is 0 Å². The number of ether oxygens (including phenoxy) is 1. The molecule has 0 spiro atoms. The molecule has 112 valence electrons. The Bertz CT molecular complexity index is 349. The van der Waals surface area contributed by atoms with Gasteiger partial charge in [-0.1, -0.05) is 0 Å². The molecule has 1 aliphatic carbocycles. The van der Waals surface area contributed by atoms with Crippen LogP contribution in [-0.2, 0) is 14.8 Å². The number of sulfonamides is 1. The van der Waals surface area contributed by atoms with Crippen molar-refractivity contribution in [2.24, 2.45) is 0 Å². The monoisotopic (exact) mass is 290 g/mol. The van der Waals surface area contributed by atoms with E-state index in [0.717, 1.165) is 45.3 Å². The maximum Gasteiger partial charge on any atom is 0.211 e. The Morgan fingerprint density at radius 2 is 1.95 bits per heavy atom. The first-order valence-corrected chi connectivity index (χ1v) is 9.13. The van der Waals surface area contributed by atoms with E-state index in [1.165, 1.54) is 12.8 Å². The molecule has 0 aromatic heterocycles. The molecule has 1 heterocycles. The Morgan fingerprint density at radius 3 is 2.63 bits per heavy atom. The van der Waals surface area contributed by atoms with Crippen molar-refractivity contribution in [1.29, 1.82) is 0 Å². The van der Waals surface area contributed by atoms with Gasteiger partial charge in [0.2, 0.25) is 10.0 Å². The van der Waals surface area contributed by atoms with E-state index in [2.05, 4.69) is 10.0 Å². The molecule has 1 unspecified atom stereocenters. The summed E-state index contributed by atoms with van der Waals surface area (Å²) in [6.07, 6.45) is 7.48. The van der Waals surface area contributed by atoms with Gasteiger partial charge in [-0.25, -0.2) is 13.1 Å². The SMILES string of the molecule is O=S(=O)(CCCCNC1CC1)NCC1CCCCO1. The molecule has 19 heavy (non-hydrogen) atoms. The average molecular weight is 290 g/mol. The van der Waals surface area contributed by atoms with Crippen molar-refractivity contribution in [2.75, 3.05) is 25.4 Å². The predicted molar refractivity (Wildman–Crippen MR) is 75.6 cm³/mol. The van der Waals surface area contributed by atoms with Gasteiger partial charge in [0.05, 0.1) is 11.9 Å². The average Bonchev–Trinajstić information content (AvgIpc) is 3.21. The molecule has 2 N–H and O–H groups in total. The standard InChI is InChI=1S/C13H26N2O3S/c16-19(17,10-4-2-8-14-12-6-7-12)15-11-13-5-1-3-9-18-13/h12-15H,1-11H2. The minimum Gasteiger partial charge on any atom is -0.377 e. The van der Waals surface area contributed by atoms with Crippen molar-refractivity contribution in [2.45, 2.75) is 57.1 Å². The smallest absolute Gasteiger partial charge is 0.211 e. The Morgan fingerprint density at radius 1 is 1.11 bits per heavy atom. The molecule has 1 saturated carbocycles. The van der Waals surface area contributed by atoms with Gasteiger partial charge in [0.1, 0.15) is 0 Å². The van der Waals surface area contributed by atoms with Crippen LogP contribution >= 0.6 is 0 Å². The molecule has 0 aromatic rings. The van der Waals surface area contributed by atoms with Gasteiger partial charge in [-0.15, -0.1) is 0 Å². The maximum atomic E-state index is 11.8. The molecule has 0 aromatic carbocycles. The number of hydrogen-bond donors (Lipinski definition) is 2. The maximum absolute atomic E-state index is 11.8. The summed E-state index contributed by atoms with van der Waals surface area (Å²) in [5.74, 6) is 0.228. The minimum absolute atomic E-state index is 0.0695. The Balaban J connectivity index is 1.52. The van der Waals surface area contributed by atoms with Gasteiger partial charge in [-0.3, -0.25) is 0 Å². The van der Waals surface area contributed by atoms with Crippen LogP contribution in [-0.4, -0.2) is 46.0 Å². The van der Waals surface area contributed by atoms with E-state index in [4.69, 9.17) is 4.74 Å². The Labute approximate surface area is 116 Å². The van der Waals surface area contributed by atoms with Crippen molar-refractivity contribution in [3.05, 3.63) is 0 Å². The van der Waals surface area contributed by atoms with E-state index >= 15 is 0 Å². The molecule has 0 amide bonds. The molecule has 6 heteroatoms. The highest BCUT2D eigenvalue weighted by Gasteiger charge is 2.20. The zero-order valence-electron chi connectivity index (χ0n) is 11.6. The second-order valence-electron chi connectivity index (χ2n) is 5.59. The van der Waals surface area contributed by atoms with E-state index in [-0.39, 0.29) is 11.9 Å². The third-order valence-corrected chi connectivity index (χ3v) is 5.09. The second-order valence-corrected chi connectivity index (χ2v) is 7.52. The van der Waals surface area contributed by atoms with Crippen molar-refractivity contribution in [3.63, 3.8) is 0 Å². The lowest BCUT2D eigenvalue weighted by atomic mass is 10.1. The molecule has 0 bridgehead atoms. The van der Waals surface area contributed by atoms with Crippen LogP contribution in [0, 0.1) is 0 Å². The molecule has 2 aliphatic rings. The van der Waals surface area contributed by atoms with E-state index in [1.54, 1.807) is 0 Å². The first-order valence-electron chi connectivity index (χ1n) is 7.48. The van der Waals surface area contributed by atoms with Gasteiger partial charge >= 0.3 is 0 Å². The van der Waals surface area contributed by atoms with Crippen LogP contribution in [0.4, 0.5) is 0 Å². The molecule has 2 rings (SSSR count). The lowest BCUT2D eigenvalue weighted by Crippen LogP contribution is -2.36. The summed E-state index contributed by atoms with van der Waals surface area (Å²) in [6, 6.07) is 0.707. The zero-order valence-corrected chi connectivity index (χ0v) is 12.4. The highest BCUT2D eigenvalue weighted by molar-refractivity contribution is 7.89. The summed E-state index contributed by atoms with van der Waals surface area (Å²) < 4.78 is 31.8. The van der Waals surface area contributed by atoms with E-state index < -0.39 is 10.0 Å². The first-order chi connectivity index (χ1) is 9.16. The topological polar surface area (TPSA) is 67.4 Å². The lowest BCUT2D eigenvalue weighted by Gasteiger charge is -2.22. The molecule has 1 saturated heterocycles. The largest absolute Gasteiger partial charge is 0.377 e. The normalized spacial score (nSPS) is 24.5. The summed E-state index contributed by atoms with van der Waals surface area (Å²) in [6.45, 7) is 2.13. The third-order valence-electron chi connectivity index (χ3n) is 3.66. The summed E-state index contributed by atoms with van der Waals surface area (Å²) in [5, 5.41) is 3.39. The fourth-order valence-corrected chi connectivity index (χ4v) is 3.44. The summed E-state index contributed by atoms with van der Waals surface area (Å²) >= 11 is 0. The summed E-state index contributed by atoms with van der Waals surface area (Å²) in [4.78, 5) is 0. The summed E-state index contributed by atoms with van der Waals surface area (Å²) in [5.41, 5.74) is 0. The van der Waals surface area contributed by atoms with Gasteiger partial charge in [0.25, 0.3) is 0 Å². The van der Waals surface area contributed by atoms with Gasteiger partial charge < -0.3 is 10.1 Å². The molecule has 5 nitrogen and oxygen atoms in total. The lowest BCUT2D eigenvalue weighted by molar-refractivity contribution is 0.0200.